The zero-order valence-corrected chi connectivity index (χ0v) is 17.4. The second kappa shape index (κ2) is 10.4. The van der Waals surface area contributed by atoms with Gasteiger partial charge >= 0.3 is 0 Å². The molecular formula is C24H36N2. The zero-order chi connectivity index (χ0) is 18.9. The van der Waals surface area contributed by atoms with Crippen LogP contribution in [0.1, 0.15) is 51.8 Å². The Bertz CT molecular complexity index is 749. The Kier molecular flexibility index (Phi) is 8.18. The molecule has 2 aromatic rings. The Hall–Kier alpha value is -1.80. The quantitative estimate of drug-likeness (QED) is 0.615. The molecule has 3 rings (SSSR count). The number of nitrogens with zero attached hydrogens (tertiary/aromatic N) is 2. The third kappa shape index (κ3) is 5.11. The van der Waals surface area contributed by atoms with Crippen LogP contribution >= 0.6 is 0 Å². The van der Waals surface area contributed by atoms with E-state index in [1.165, 1.54) is 48.8 Å². The first kappa shape index (κ1) is 20.5. The second-order valence-electron chi connectivity index (χ2n) is 7.24. The Morgan fingerprint density at radius 3 is 2.58 bits per heavy atom. The van der Waals surface area contributed by atoms with E-state index in [1.54, 1.807) is 11.3 Å². The molecule has 1 aliphatic heterocycles. The average molecular weight is 353 g/mol. The van der Waals surface area contributed by atoms with Gasteiger partial charge in [-0.2, -0.15) is 0 Å². The standard InChI is InChI=1S/C16H22N2.C8H14/c1-3-18-15-8-5-4-7-13(15)14-10-12-17(2)11-6-9-16(14)18;1-4-6-7-8(3)5-2/h4-5,7-8H,3,6,9-12H2,1-2H3;4,6-7H,5H2,1-3H3/b;6-4-,8-7-. The van der Waals surface area contributed by atoms with Gasteiger partial charge in [0.2, 0.25) is 0 Å². The van der Waals surface area contributed by atoms with Gasteiger partial charge in [-0.15, -0.1) is 0 Å². The molecule has 1 aromatic carbocycles. The summed E-state index contributed by atoms with van der Waals surface area (Å²) in [4.78, 5) is 2.46. The monoisotopic (exact) mass is 352 g/mol. The molecular weight excluding hydrogens is 316 g/mol. The summed E-state index contributed by atoms with van der Waals surface area (Å²) >= 11 is 0. The second-order valence-corrected chi connectivity index (χ2v) is 7.24. The maximum atomic E-state index is 2.52. The molecule has 2 nitrogen and oxygen atoms in total. The summed E-state index contributed by atoms with van der Waals surface area (Å²) < 4.78 is 2.52. The van der Waals surface area contributed by atoms with Crippen molar-refractivity contribution >= 4 is 10.9 Å². The molecule has 2 heteroatoms. The Labute approximate surface area is 160 Å². The molecule has 0 unspecified atom stereocenters. The van der Waals surface area contributed by atoms with Gasteiger partial charge in [-0.25, -0.2) is 0 Å². The number of benzene rings is 1. The predicted octanol–water partition coefficient (Wildman–Crippen LogP) is 6.00. The minimum atomic E-state index is 1.09. The van der Waals surface area contributed by atoms with Gasteiger partial charge in [-0.1, -0.05) is 48.9 Å². The number of hydrogen-bond acceptors (Lipinski definition) is 1. The van der Waals surface area contributed by atoms with Gasteiger partial charge in [0.05, 0.1) is 0 Å². The van der Waals surface area contributed by atoms with Gasteiger partial charge in [0.1, 0.15) is 0 Å². The number of para-hydroxylation sites is 1. The van der Waals surface area contributed by atoms with Crippen LogP contribution in [-0.4, -0.2) is 29.6 Å². The molecule has 1 aliphatic rings. The van der Waals surface area contributed by atoms with Crippen LogP contribution in [-0.2, 0) is 19.4 Å². The van der Waals surface area contributed by atoms with Crippen LogP contribution in [0.15, 0.2) is 48.1 Å². The normalized spacial score (nSPS) is 16.1. The first-order chi connectivity index (χ1) is 12.6. The zero-order valence-electron chi connectivity index (χ0n) is 17.4. The molecule has 0 atom stereocenters. The molecule has 0 amide bonds. The van der Waals surface area contributed by atoms with E-state index in [9.17, 15) is 0 Å². The third-order valence-electron chi connectivity index (χ3n) is 5.34. The highest BCUT2D eigenvalue weighted by Gasteiger charge is 2.18. The van der Waals surface area contributed by atoms with Crippen molar-refractivity contribution in [3.63, 3.8) is 0 Å². The summed E-state index contributed by atoms with van der Waals surface area (Å²) in [6, 6.07) is 8.90. The van der Waals surface area contributed by atoms with E-state index >= 15 is 0 Å². The average Bonchev–Trinajstić information content (AvgIpc) is 2.95. The molecule has 2 heterocycles. The van der Waals surface area contributed by atoms with Crippen molar-refractivity contribution in [3.8, 4) is 0 Å². The number of allylic oxidation sites excluding steroid dienone is 4. The fourth-order valence-corrected chi connectivity index (χ4v) is 3.66. The smallest absolute Gasteiger partial charge is 0.0485 e. The molecule has 0 bridgehead atoms. The van der Waals surface area contributed by atoms with Gasteiger partial charge in [0, 0.05) is 29.7 Å². The summed E-state index contributed by atoms with van der Waals surface area (Å²) in [5.74, 6) is 0. The van der Waals surface area contributed by atoms with E-state index < -0.39 is 0 Å². The molecule has 1 aromatic heterocycles. The van der Waals surface area contributed by atoms with Gasteiger partial charge in [0.25, 0.3) is 0 Å². The van der Waals surface area contributed by atoms with Gasteiger partial charge < -0.3 is 9.47 Å². The van der Waals surface area contributed by atoms with Crippen molar-refractivity contribution in [1.82, 2.24) is 9.47 Å². The molecule has 0 saturated carbocycles. The summed E-state index contributed by atoms with van der Waals surface area (Å²) in [6.45, 7) is 12.1. The van der Waals surface area contributed by atoms with Crippen LogP contribution in [0.25, 0.3) is 10.9 Å². The number of aromatic nitrogens is 1. The van der Waals surface area contributed by atoms with Crippen LogP contribution in [0, 0.1) is 0 Å². The first-order valence-electron chi connectivity index (χ1n) is 10.2. The number of likely N-dealkylation sites (N-methyl/N-ethyl adjacent to an activating group) is 1. The lowest BCUT2D eigenvalue weighted by Crippen LogP contribution is -2.25. The third-order valence-corrected chi connectivity index (χ3v) is 5.34. The highest BCUT2D eigenvalue weighted by atomic mass is 15.1. The Morgan fingerprint density at radius 2 is 1.88 bits per heavy atom. The molecule has 0 N–H and O–H groups in total. The number of hydrogen-bond donors (Lipinski definition) is 0. The van der Waals surface area contributed by atoms with Crippen molar-refractivity contribution in [2.45, 2.75) is 59.9 Å². The molecule has 0 fully saturated rings. The minimum Gasteiger partial charge on any atom is -0.345 e. The van der Waals surface area contributed by atoms with Crippen molar-refractivity contribution in [1.29, 1.82) is 0 Å². The predicted molar refractivity (Wildman–Crippen MR) is 116 cm³/mol. The Morgan fingerprint density at radius 1 is 1.12 bits per heavy atom. The topological polar surface area (TPSA) is 8.17 Å². The lowest BCUT2D eigenvalue weighted by molar-refractivity contribution is 0.326. The van der Waals surface area contributed by atoms with Crippen molar-refractivity contribution < 1.29 is 0 Å². The van der Waals surface area contributed by atoms with Crippen LogP contribution in [0.4, 0.5) is 0 Å². The lowest BCUT2D eigenvalue weighted by Gasteiger charge is -2.21. The first-order valence-corrected chi connectivity index (χ1v) is 10.2. The Balaban J connectivity index is 0.000000260. The largest absolute Gasteiger partial charge is 0.345 e. The van der Waals surface area contributed by atoms with E-state index in [0.29, 0.717) is 0 Å². The van der Waals surface area contributed by atoms with Crippen molar-refractivity contribution in [3.05, 3.63) is 59.3 Å². The lowest BCUT2D eigenvalue weighted by atomic mass is 10.0. The van der Waals surface area contributed by atoms with E-state index in [1.807, 2.05) is 13.0 Å². The molecule has 0 radical (unpaired) electrons. The highest BCUT2D eigenvalue weighted by molar-refractivity contribution is 5.85. The number of aryl methyl sites for hydroxylation is 1. The fourth-order valence-electron chi connectivity index (χ4n) is 3.66. The van der Waals surface area contributed by atoms with Crippen LogP contribution in [0.3, 0.4) is 0 Å². The maximum absolute atomic E-state index is 2.52. The van der Waals surface area contributed by atoms with Crippen LogP contribution < -0.4 is 0 Å². The SMILES string of the molecule is C/C=C\C=C(\C)CC.CCn1c2c(c3ccccc31)CCN(C)CCC2. The minimum absolute atomic E-state index is 1.09. The van der Waals surface area contributed by atoms with E-state index in [-0.39, 0.29) is 0 Å². The fraction of sp³-hybridized carbons (Fsp3) is 0.500. The van der Waals surface area contributed by atoms with Gasteiger partial charge in [-0.3, -0.25) is 0 Å². The summed E-state index contributed by atoms with van der Waals surface area (Å²) in [7, 11) is 2.24. The van der Waals surface area contributed by atoms with E-state index in [4.69, 9.17) is 0 Å². The van der Waals surface area contributed by atoms with Crippen molar-refractivity contribution in [2.75, 3.05) is 20.1 Å². The summed E-state index contributed by atoms with van der Waals surface area (Å²) in [5.41, 5.74) is 6.04. The highest BCUT2D eigenvalue weighted by Crippen LogP contribution is 2.29. The molecule has 142 valence electrons. The summed E-state index contributed by atoms with van der Waals surface area (Å²) in [5, 5.41) is 1.48. The summed E-state index contributed by atoms with van der Waals surface area (Å²) in [6.07, 6.45) is 11.1. The number of rotatable bonds is 3. The van der Waals surface area contributed by atoms with Crippen LogP contribution in [0.5, 0.6) is 0 Å². The number of fused-ring (bicyclic) bond motifs is 3. The molecule has 26 heavy (non-hydrogen) atoms. The van der Waals surface area contributed by atoms with Gasteiger partial charge in [0.15, 0.2) is 0 Å². The molecule has 0 saturated heterocycles. The maximum Gasteiger partial charge on any atom is 0.0485 e. The van der Waals surface area contributed by atoms with Gasteiger partial charge in [-0.05, 0) is 71.7 Å². The van der Waals surface area contributed by atoms with Crippen LogP contribution in [0.2, 0.25) is 0 Å². The van der Waals surface area contributed by atoms with Crippen molar-refractivity contribution in [2.24, 2.45) is 0 Å². The van der Waals surface area contributed by atoms with E-state index in [0.717, 1.165) is 13.0 Å². The van der Waals surface area contributed by atoms with E-state index in [2.05, 4.69) is 73.7 Å². The molecule has 0 spiro atoms. The molecule has 0 aliphatic carbocycles.